The summed E-state index contributed by atoms with van der Waals surface area (Å²) in [6.07, 6.45) is 1.78. The second-order valence-electron chi connectivity index (χ2n) is 4.35. The molecule has 3 N–H and O–H groups in total. The summed E-state index contributed by atoms with van der Waals surface area (Å²) in [5.41, 5.74) is 6.88. The summed E-state index contributed by atoms with van der Waals surface area (Å²) < 4.78 is 1.61. The van der Waals surface area contributed by atoms with Gasteiger partial charge in [0.05, 0.1) is 12.6 Å². The molecule has 0 spiro atoms. The van der Waals surface area contributed by atoms with Gasteiger partial charge in [-0.25, -0.2) is 9.89 Å². The van der Waals surface area contributed by atoms with Gasteiger partial charge in [-0.15, -0.1) is 0 Å². The first-order valence-electron chi connectivity index (χ1n) is 6.17. The van der Waals surface area contributed by atoms with E-state index < -0.39 is 0 Å². The Kier molecular flexibility index (Phi) is 3.94. The maximum atomic E-state index is 11.7. The minimum absolute atomic E-state index is 0.197. The zero-order valence-corrected chi connectivity index (χ0v) is 10.5. The lowest BCUT2D eigenvalue weighted by Crippen LogP contribution is -2.23. The van der Waals surface area contributed by atoms with Gasteiger partial charge in [0.2, 0.25) is 0 Å². The summed E-state index contributed by atoms with van der Waals surface area (Å²) >= 11 is 0. The molecule has 0 amide bonds. The highest BCUT2D eigenvalue weighted by molar-refractivity contribution is 5.15. The molecule has 1 atom stereocenters. The molecule has 0 aliphatic heterocycles. The van der Waals surface area contributed by atoms with Crippen LogP contribution in [0.2, 0.25) is 0 Å². The first-order valence-corrected chi connectivity index (χ1v) is 6.17. The summed E-state index contributed by atoms with van der Waals surface area (Å²) in [5, 5.41) is 6.51. The Morgan fingerprint density at radius 3 is 2.78 bits per heavy atom. The third-order valence-electron chi connectivity index (χ3n) is 2.90. The Morgan fingerprint density at radius 1 is 1.39 bits per heavy atom. The predicted octanol–water partition coefficient (Wildman–Crippen LogP) is 1.42. The zero-order chi connectivity index (χ0) is 13.0. The van der Waals surface area contributed by atoms with Crippen LogP contribution in [0.15, 0.2) is 35.1 Å². The Hall–Kier alpha value is -1.88. The van der Waals surface area contributed by atoms with Crippen LogP contribution in [-0.4, -0.2) is 14.8 Å². The van der Waals surface area contributed by atoms with Gasteiger partial charge in [0.15, 0.2) is 5.82 Å². The van der Waals surface area contributed by atoms with Crippen molar-refractivity contribution >= 4 is 0 Å². The van der Waals surface area contributed by atoms with Crippen molar-refractivity contribution in [2.75, 3.05) is 0 Å². The van der Waals surface area contributed by atoms with E-state index in [1.165, 1.54) is 0 Å². The molecule has 1 aromatic carbocycles. The van der Waals surface area contributed by atoms with E-state index in [0.717, 1.165) is 18.4 Å². The molecule has 1 heterocycles. The summed E-state index contributed by atoms with van der Waals surface area (Å²) in [6, 6.07) is 9.62. The van der Waals surface area contributed by atoms with E-state index in [9.17, 15) is 4.79 Å². The highest BCUT2D eigenvalue weighted by Crippen LogP contribution is 2.12. The van der Waals surface area contributed by atoms with Crippen molar-refractivity contribution in [2.24, 2.45) is 5.73 Å². The fourth-order valence-electron chi connectivity index (χ4n) is 1.97. The van der Waals surface area contributed by atoms with E-state index in [-0.39, 0.29) is 11.7 Å². The molecule has 0 saturated heterocycles. The van der Waals surface area contributed by atoms with Crippen molar-refractivity contribution in [3.8, 4) is 0 Å². The molecular formula is C13H18N4O. The normalized spacial score (nSPS) is 12.6. The van der Waals surface area contributed by atoms with E-state index in [4.69, 9.17) is 5.73 Å². The molecule has 5 heteroatoms. The molecule has 0 bridgehead atoms. The molecular weight excluding hydrogens is 228 g/mol. The van der Waals surface area contributed by atoms with Crippen LogP contribution in [0.5, 0.6) is 0 Å². The van der Waals surface area contributed by atoms with Crippen molar-refractivity contribution < 1.29 is 0 Å². The lowest BCUT2D eigenvalue weighted by Gasteiger charge is -2.11. The monoisotopic (exact) mass is 246 g/mol. The standard InChI is InChI=1S/C13H18N4O/c1-2-6-11(14)12-15-16-13(18)17(12)9-10-7-4-3-5-8-10/h3-5,7-8,11H,2,6,9,14H2,1H3,(H,16,18). The molecule has 18 heavy (non-hydrogen) atoms. The number of nitrogens with two attached hydrogens (primary N) is 1. The second-order valence-corrected chi connectivity index (χ2v) is 4.35. The third-order valence-corrected chi connectivity index (χ3v) is 2.90. The SMILES string of the molecule is CCCC(N)c1n[nH]c(=O)n1Cc1ccccc1. The minimum atomic E-state index is -0.208. The Balaban J connectivity index is 2.27. The largest absolute Gasteiger partial charge is 0.343 e. The summed E-state index contributed by atoms with van der Waals surface area (Å²) in [6.45, 7) is 2.56. The molecule has 1 aromatic heterocycles. The highest BCUT2D eigenvalue weighted by Gasteiger charge is 2.15. The van der Waals surface area contributed by atoms with Crippen LogP contribution in [0.4, 0.5) is 0 Å². The van der Waals surface area contributed by atoms with Crippen LogP contribution >= 0.6 is 0 Å². The second kappa shape index (κ2) is 5.64. The molecule has 0 aliphatic carbocycles. The van der Waals surface area contributed by atoms with Crippen LogP contribution < -0.4 is 11.4 Å². The molecule has 2 aromatic rings. The topological polar surface area (TPSA) is 76.7 Å². The number of aromatic amines is 1. The van der Waals surface area contributed by atoms with Gasteiger partial charge < -0.3 is 5.73 Å². The molecule has 1 unspecified atom stereocenters. The fourth-order valence-corrected chi connectivity index (χ4v) is 1.97. The minimum Gasteiger partial charge on any atom is -0.321 e. The van der Waals surface area contributed by atoms with E-state index in [0.29, 0.717) is 12.4 Å². The number of benzene rings is 1. The summed E-state index contributed by atoms with van der Waals surface area (Å²) in [7, 11) is 0. The number of hydrogen-bond acceptors (Lipinski definition) is 3. The number of rotatable bonds is 5. The van der Waals surface area contributed by atoms with Crippen LogP contribution in [0.3, 0.4) is 0 Å². The van der Waals surface area contributed by atoms with Crippen LogP contribution in [0.25, 0.3) is 0 Å². The predicted molar refractivity (Wildman–Crippen MR) is 70.2 cm³/mol. The van der Waals surface area contributed by atoms with E-state index >= 15 is 0 Å². The average Bonchev–Trinajstić information content (AvgIpc) is 2.73. The highest BCUT2D eigenvalue weighted by atomic mass is 16.1. The van der Waals surface area contributed by atoms with Crippen molar-refractivity contribution in [1.82, 2.24) is 14.8 Å². The fraction of sp³-hybridized carbons (Fsp3) is 0.385. The zero-order valence-electron chi connectivity index (χ0n) is 10.5. The van der Waals surface area contributed by atoms with Crippen LogP contribution in [0, 0.1) is 0 Å². The van der Waals surface area contributed by atoms with Crippen molar-refractivity contribution in [1.29, 1.82) is 0 Å². The van der Waals surface area contributed by atoms with Gasteiger partial charge in [0.1, 0.15) is 0 Å². The van der Waals surface area contributed by atoms with Crippen molar-refractivity contribution in [3.63, 3.8) is 0 Å². The van der Waals surface area contributed by atoms with Gasteiger partial charge in [-0.1, -0.05) is 43.7 Å². The average molecular weight is 246 g/mol. The Morgan fingerprint density at radius 2 is 2.11 bits per heavy atom. The van der Waals surface area contributed by atoms with E-state index in [1.807, 2.05) is 30.3 Å². The summed E-state index contributed by atoms with van der Waals surface area (Å²) in [5.74, 6) is 0.630. The van der Waals surface area contributed by atoms with Gasteiger partial charge in [0, 0.05) is 0 Å². The van der Waals surface area contributed by atoms with Gasteiger partial charge in [0.25, 0.3) is 0 Å². The first-order chi connectivity index (χ1) is 8.72. The number of nitrogens with zero attached hydrogens (tertiary/aromatic N) is 2. The van der Waals surface area contributed by atoms with E-state index in [1.54, 1.807) is 4.57 Å². The molecule has 2 rings (SSSR count). The van der Waals surface area contributed by atoms with Crippen molar-refractivity contribution in [3.05, 3.63) is 52.2 Å². The van der Waals surface area contributed by atoms with Crippen LogP contribution in [0.1, 0.15) is 37.2 Å². The number of hydrogen-bond donors (Lipinski definition) is 2. The molecule has 0 aliphatic rings. The number of aromatic nitrogens is 3. The maximum absolute atomic E-state index is 11.7. The molecule has 0 fully saturated rings. The number of H-pyrrole nitrogens is 1. The van der Waals surface area contributed by atoms with E-state index in [2.05, 4.69) is 17.1 Å². The molecule has 96 valence electrons. The molecule has 5 nitrogen and oxygen atoms in total. The quantitative estimate of drug-likeness (QED) is 0.837. The maximum Gasteiger partial charge on any atom is 0.343 e. The van der Waals surface area contributed by atoms with Crippen LogP contribution in [-0.2, 0) is 6.54 Å². The lowest BCUT2D eigenvalue weighted by molar-refractivity contribution is 0.561. The number of nitrogens with one attached hydrogen (secondary N) is 1. The summed E-state index contributed by atoms with van der Waals surface area (Å²) in [4.78, 5) is 11.7. The Labute approximate surface area is 106 Å². The smallest absolute Gasteiger partial charge is 0.321 e. The van der Waals surface area contributed by atoms with Gasteiger partial charge in [-0.3, -0.25) is 4.57 Å². The third kappa shape index (κ3) is 2.68. The lowest BCUT2D eigenvalue weighted by atomic mass is 10.1. The first kappa shape index (κ1) is 12.6. The molecule has 0 radical (unpaired) electrons. The molecule has 0 saturated carbocycles. The van der Waals surface area contributed by atoms with Gasteiger partial charge in [-0.05, 0) is 12.0 Å². The van der Waals surface area contributed by atoms with Gasteiger partial charge >= 0.3 is 5.69 Å². The van der Waals surface area contributed by atoms with Gasteiger partial charge in [-0.2, -0.15) is 5.10 Å². The van der Waals surface area contributed by atoms with Crippen molar-refractivity contribution in [2.45, 2.75) is 32.4 Å². The Bertz CT molecular complexity index is 544.